The van der Waals surface area contributed by atoms with Crippen LogP contribution < -0.4 is 10.6 Å². The van der Waals surface area contributed by atoms with Crippen molar-refractivity contribution in [3.8, 4) is 11.5 Å². The zero-order chi connectivity index (χ0) is 15.3. The number of amides is 1. The molecular weight excluding hydrogens is 289 g/mol. The Balaban J connectivity index is 1.85. The lowest BCUT2D eigenvalue weighted by Gasteiger charge is -2.07. The molecular formula is C12H11F3N4O2. The van der Waals surface area contributed by atoms with Crippen LogP contribution in [0.25, 0.3) is 11.5 Å². The van der Waals surface area contributed by atoms with Crippen LogP contribution in [0.4, 0.5) is 19.1 Å². The molecule has 0 aliphatic rings. The minimum atomic E-state index is -4.44. The van der Waals surface area contributed by atoms with Gasteiger partial charge in [0.05, 0.1) is 6.54 Å². The van der Waals surface area contributed by atoms with Gasteiger partial charge in [-0.2, -0.15) is 18.2 Å². The second-order valence-corrected chi connectivity index (χ2v) is 4.03. The number of halogens is 3. The summed E-state index contributed by atoms with van der Waals surface area (Å²) in [6.45, 7) is -1.77. The molecule has 1 aromatic carbocycles. The number of nitrogens with zero attached hydrogens (tertiary/aromatic N) is 2. The van der Waals surface area contributed by atoms with Gasteiger partial charge < -0.3 is 15.2 Å². The largest absolute Gasteiger partial charge is 0.405 e. The molecule has 0 atom stereocenters. The average molecular weight is 300 g/mol. The van der Waals surface area contributed by atoms with Crippen LogP contribution in [0.5, 0.6) is 0 Å². The number of hydrogen-bond donors (Lipinski definition) is 2. The monoisotopic (exact) mass is 300 g/mol. The van der Waals surface area contributed by atoms with Crippen molar-refractivity contribution in [2.24, 2.45) is 0 Å². The Hall–Kier alpha value is -2.58. The van der Waals surface area contributed by atoms with E-state index >= 15 is 0 Å². The van der Waals surface area contributed by atoms with E-state index < -0.39 is 18.6 Å². The van der Waals surface area contributed by atoms with E-state index in [9.17, 15) is 18.0 Å². The van der Waals surface area contributed by atoms with Gasteiger partial charge in [-0.05, 0) is 17.3 Å². The Kier molecular flexibility index (Phi) is 4.41. The van der Waals surface area contributed by atoms with Gasteiger partial charge in [-0.1, -0.05) is 18.2 Å². The van der Waals surface area contributed by atoms with Crippen molar-refractivity contribution < 1.29 is 22.5 Å². The van der Waals surface area contributed by atoms with Gasteiger partial charge in [-0.25, -0.2) is 0 Å². The van der Waals surface area contributed by atoms with E-state index in [-0.39, 0.29) is 18.4 Å². The minimum absolute atomic E-state index is 0.0241. The molecule has 0 spiro atoms. The summed E-state index contributed by atoms with van der Waals surface area (Å²) in [4.78, 5) is 15.2. The van der Waals surface area contributed by atoms with Crippen LogP contribution >= 0.6 is 0 Å². The summed E-state index contributed by atoms with van der Waals surface area (Å²) in [5, 5.41) is 7.77. The van der Waals surface area contributed by atoms with Crippen molar-refractivity contribution in [1.29, 1.82) is 0 Å². The van der Waals surface area contributed by atoms with Crippen molar-refractivity contribution in [3.63, 3.8) is 0 Å². The topological polar surface area (TPSA) is 80.1 Å². The molecule has 0 aliphatic heterocycles. The SMILES string of the molecule is O=C(CNc1noc(-c2ccccc2)n1)NCC(F)(F)F. The molecule has 1 heterocycles. The van der Waals surface area contributed by atoms with E-state index in [1.54, 1.807) is 29.6 Å². The molecule has 21 heavy (non-hydrogen) atoms. The van der Waals surface area contributed by atoms with Crippen molar-refractivity contribution in [2.45, 2.75) is 6.18 Å². The van der Waals surface area contributed by atoms with Gasteiger partial charge in [0.15, 0.2) is 0 Å². The highest BCUT2D eigenvalue weighted by Gasteiger charge is 2.27. The molecule has 0 radical (unpaired) electrons. The summed E-state index contributed by atoms with van der Waals surface area (Å²) >= 11 is 0. The number of nitrogens with one attached hydrogen (secondary N) is 2. The molecule has 0 saturated carbocycles. The minimum Gasteiger partial charge on any atom is -0.345 e. The van der Waals surface area contributed by atoms with E-state index in [0.29, 0.717) is 5.56 Å². The Morgan fingerprint density at radius 2 is 1.95 bits per heavy atom. The molecule has 2 rings (SSSR count). The maximum atomic E-state index is 11.9. The number of rotatable bonds is 5. The lowest BCUT2D eigenvalue weighted by Crippen LogP contribution is -2.37. The third-order valence-electron chi connectivity index (χ3n) is 2.34. The maximum absolute atomic E-state index is 11.9. The Morgan fingerprint density at radius 3 is 2.62 bits per heavy atom. The number of benzene rings is 1. The summed E-state index contributed by atoms with van der Waals surface area (Å²) in [6.07, 6.45) is -4.44. The normalized spacial score (nSPS) is 11.2. The third kappa shape index (κ3) is 4.79. The first-order valence-corrected chi connectivity index (χ1v) is 5.90. The summed E-state index contributed by atoms with van der Waals surface area (Å²) in [7, 11) is 0. The quantitative estimate of drug-likeness (QED) is 0.880. The summed E-state index contributed by atoms with van der Waals surface area (Å²) in [5.41, 5.74) is 0.694. The van der Waals surface area contributed by atoms with E-state index in [2.05, 4.69) is 15.5 Å². The van der Waals surface area contributed by atoms with Crippen molar-refractivity contribution in [2.75, 3.05) is 18.4 Å². The van der Waals surface area contributed by atoms with Gasteiger partial charge in [0, 0.05) is 5.56 Å². The third-order valence-corrected chi connectivity index (χ3v) is 2.34. The smallest absolute Gasteiger partial charge is 0.345 e. The first kappa shape index (κ1) is 14.8. The Morgan fingerprint density at radius 1 is 1.24 bits per heavy atom. The second kappa shape index (κ2) is 6.25. The van der Waals surface area contributed by atoms with Crippen LogP contribution in [0.1, 0.15) is 0 Å². The lowest BCUT2D eigenvalue weighted by atomic mass is 10.2. The van der Waals surface area contributed by atoms with Crippen molar-refractivity contribution >= 4 is 11.9 Å². The van der Waals surface area contributed by atoms with E-state index in [1.807, 2.05) is 6.07 Å². The maximum Gasteiger partial charge on any atom is 0.405 e. The highest BCUT2D eigenvalue weighted by Crippen LogP contribution is 2.17. The summed E-state index contributed by atoms with van der Waals surface area (Å²) < 4.78 is 40.6. The summed E-state index contributed by atoms with van der Waals surface area (Å²) in [6, 6.07) is 8.92. The highest BCUT2D eigenvalue weighted by atomic mass is 19.4. The first-order valence-electron chi connectivity index (χ1n) is 5.90. The molecule has 1 aromatic heterocycles. The zero-order valence-corrected chi connectivity index (χ0v) is 10.6. The molecule has 2 aromatic rings. The van der Waals surface area contributed by atoms with Gasteiger partial charge in [0.1, 0.15) is 6.54 Å². The summed E-state index contributed by atoms with van der Waals surface area (Å²) in [5.74, 6) is -0.553. The average Bonchev–Trinajstić information content (AvgIpc) is 2.92. The Labute approximate surface area is 117 Å². The second-order valence-electron chi connectivity index (χ2n) is 4.03. The number of alkyl halides is 3. The van der Waals surface area contributed by atoms with E-state index in [0.717, 1.165) is 0 Å². The molecule has 1 amide bonds. The van der Waals surface area contributed by atoms with Crippen molar-refractivity contribution in [3.05, 3.63) is 30.3 Å². The molecule has 2 N–H and O–H groups in total. The van der Waals surface area contributed by atoms with Gasteiger partial charge in [-0.3, -0.25) is 4.79 Å². The number of aromatic nitrogens is 2. The van der Waals surface area contributed by atoms with Crippen LogP contribution in [0.3, 0.4) is 0 Å². The van der Waals surface area contributed by atoms with Gasteiger partial charge in [0.25, 0.3) is 11.8 Å². The van der Waals surface area contributed by atoms with Gasteiger partial charge >= 0.3 is 6.18 Å². The van der Waals surface area contributed by atoms with Crippen molar-refractivity contribution in [1.82, 2.24) is 15.5 Å². The molecule has 6 nitrogen and oxygen atoms in total. The molecule has 0 unspecified atom stereocenters. The number of anilines is 1. The number of carbonyl (C=O) groups excluding carboxylic acids is 1. The van der Waals surface area contributed by atoms with Crippen LogP contribution in [0.15, 0.2) is 34.9 Å². The fourth-order valence-electron chi connectivity index (χ4n) is 1.41. The molecule has 0 saturated heterocycles. The van der Waals surface area contributed by atoms with Crippen LogP contribution in [0.2, 0.25) is 0 Å². The fraction of sp³-hybridized carbons (Fsp3) is 0.250. The molecule has 0 fully saturated rings. The molecule has 112 valence electrons. The van der Waals surface area contributed by atoms with Crippen LogP contribution in [0, 0.1) is 0 Å². The molecule has 0 aliphatic carbocycles. The van der Waals surface area contributed by atoms with Crippen LogP contribution in [-0.4, -0.2) is 35.3 Å². The van der Waals surface area contributed by atoms with Gasteiger partial charge in [-0.15, -0.1) is 0 Å². The van der Waals surface area contributed by atoms with Crippen LogP contribution in [-0.2, 0) is 4.79 Å². The van der Waals surface area contributed by atoms with E-state index in [1.165, 1.54) is 0 Å². The lowest BCUT2D eigenvalue weighted by molar-refractivity contribution is -0.137. The van der Waals surface area contributed by atoms with Gasteiger partial charge in [0.2, 0.25) is 5.91 Å². The predicted octanol–water partition coefficient (Wildman–Crippen LogP) is 1.83. The number of hydrogen-bond acceptors (Lipinski definition) is 5. The Bertz CT molecular complexity index is 598. The highest BCUT2D eigenvalue weighted by molar-refractivity contribution is 5.80. The van der Waals surface area contributed by atoms with E-state index in [4.69, 9.17) is 4.52 Å². The molecule has 0 bridgehead atoms. The predicted molar refractivity (Wildman–Crippen MR) is 67.3 cm³/mol. The standard InChI is InChI=1S/C12H11F3N4O2/c13-12(14,15)7-17-9(20)6-16-11-18-10(21-19-11)8-4-2-1-3-5-8/h1-5H,6-7H2,(H,16,19)(H,17,20). The fourth-order valence-corrected chi connectivity index (χ4v) is 1.41. The zero-order valence-electron chi connectivity index (χ0n) is 10.6. The first-order chi connectivity index (χ1) is 9.94. The number of carbonyl (C=O) groups is 1. The molecule has 9 heteroatoms.